The number of hydrogen-bond acceptors (Lipinski definition) is 7. The van der Waals surface area contributed by atoms with Crippen LogP contribution in [0.25, 0.3) is 0 Å². The Bertz CT molecular complexity index is 914. The summed E-state index contributed by atoms with van der Waals surface area (Å²) < 4.78 is 24.0. The van der Waals surface area contributed by atoms with Gasteiger partial charge in [0.15, 0.2) is 0 Å². The molecule has 9 atom stereocenters. The molecule has 3 saturated heterocycles. The summed E-state index contributed by atoms with van der Waals surface area (Å²) in [6.07, 6.45) is 9.75. The minimum Gasteiger partial charge on any atom is -0.459 e. The van der Waals surface area contributed by atoms with E-state index in [9.17, 15) is 14.7 Å². The van der Waals surface area contributed by atoms with Crippen molar-refractivity contribution in [2.24, 2.45) is 5.92 Å². The minimum atomic E-state index is -0.665. The average Bonchev–Trinajstić information content (AvgIpc) is 3.59. The van der Waals surface area contributed by atoms with E-state index in [1.54, 1.807) is 13.0 Å². The normalized spacial score (nSPS) is 39.2. The van der Waals surface area contributed by atoms with Gasteiger partial charge in [-0.1, -0.05) is 53.3 Å². The molecule has 208 valence electrons. The molecule has 9 unspecified atom stereocenters. The molecule has 1 amide bonds. The summed E-state index contributed by atoms with van der Waals surface area (Å²) in [6, 6.07) is -0.0912. The number of aliphatic hydroxyl groups is 1. The van der Waals surface area contributed by atoms with Crippen LogP contribution in [-0.2, 0) is 28.5 Å². The number of rotatable bonds is 9. The second kappa shape index (κ2) is 12.7. The van der Waals surface area contributed by atoms with Crippen molar-refractivity contribution in [3.63, 3.8) is 0 Å². The molecule has 3 fully saturated rings. The number of allylic oxidation sites excluding steroid dienone is 2. The Kier molecular flexibility index (Phi) is 10.4. The van der Waals surface area contributed by atoms with E-state index >= 15 is 0 Å². The molecular formula is C28H42INO7. The molecule has 9 heteroatoms. The molecule has 0 aromatic rings. The molecule has 8 nitrogen and oxygen atoms in total. The van der Waals surface area contributed by atoms with Crippen LogP contribution >= 0.6 is 22.6 Å². The van der Waals surface area contributed by atoms with Crippen LogP contribution in [0, 0.1) is 5.92 Å². The Labute approximate surface area is 234 Å². The van der Waals surface area contributed by atoms with Gasteiger partial charge in [-0.3, -0.25) is 9.59 Å². The second-order valence-electron chi connectivity index (χ2n) is 11.1. The zero-order valence-corrected chi connectivity index (χ0v) is 24.9. The smallest absolute Gasteiger partial charge is 0.303 e. The van der Waals surface area contributed by atoms with Gasteiger partial charge in [-0.15, -0.1) is 0 Å². The molecule has 1 spiro atoms. The van der Waals surface area contributed by atoms with Crippen LogP contribution in [-0.4, -0.2) is 75.8 Å². The predicted molar refractivity (Wildman–Crippen MR) is 149 cm³/mol. The lowest BCUT2D eigenvalue weighted by Gasteiger charge is -2.43. The van der Waals surface area contributed by atoms with Crippen molar-refractivity contribution < 1.29 is 33.6 Å². The first-order valence-electron chi connectivity index (χ1n) is 13.1. The summed E-state index contributed by atoms with van der Waals surface area (Å²) in [7, 11) is 0. The molecular weight excluding hydrogens is 589 g/mol. The van der Waals surface area contributed by atoms with Gasteiger partial charge in [0, 0.05) is 23.8 Å². The third-order valence-electron chi connectivity index (χ3n) is 7.38. The van der Waals surface area contributed by atoms with Gasteiger partial charge in [0.2, 0.25) is 5.91 Å². The Morgan fingerprint density at radius 1 is 1.27 bits per heavy atom. The summed E-state index contributed by atoms with van der Waals surface area (Å²) in [5.74, 6) is -0.347. The average molecular weight is 632 g/mol. The van der Waals surface area contributed by atoms with Gasteiger partial charge in [-0.25, -0.2) is 0 Å². The first kappa shape index (κ1) is 30.3. The van der Waals surface area contributed by atoms with Gasteiger partial charge >= 0.3 is 5.97 Å². The number of carbonyl (C=O) groups is 2. The summed E-state index contributed by atoms with van der Waals surface area (Å²) in [5, 5.41) is 13.8. The first-order valence-corrected chi connectivity index (χ1v) is 14.6. The lowest BCUT2D eigenvalue weighted by Crippen LogP contribution is -2.55. The highest BCUT2D eigenvalue weighted by molar-refractivity contribution is 14.1. The highest BCUT2D eigenvalue weighted by Crippen LogP contribution is 2.47. The van der Waals surface area contributed by atoms with Crippen molar-refractivity contribution in [3.8, 4) is 0 Å². The summed E-state index contributed by atoms with van der Waals surface area (Å²) in [4.78, 5) is 23.3. The van der Waals surface area contributed by atoms with Crippen LogP contribution in [0.3, 0.4) is 0 Å². The molecule has 3 aliphatic rings. The summed E-state index contributed by atoms with van der Waals surface area (Å²) in [6.45, 7) is 11.9. The van der Waals surface area contributed by atoms with Gasteiger partial charge in [0.25, 0.3) is 0 Å². The largest absolute Gasteiger partial charge is 0.459 e. The van der Waals surface area contributed by atoms with E-state index in [-0.39, 0.29) is 41.6 Å². The van der Waals surface area contributed by atoms with Crippen LogP contribution in [0.1, 0.15) is 60.8 Å². The lowest BCUT2D eigenvalue weighted by atomic mass is 9.83. The molecule has 37 heavy (non-hydrogen) atoms. The maximum atomic E-state index is 12.3. The van der Waals surface area contributed by atoms with Gasteiger partial charge in [0.1, 0.15) is 23.9 Å². The van der Waals surface area contributed by atoms with Crippen LogP contribution in [0.4, 0.5) is 0 Å². The zero-order chi connectivity index (χ0) is 27.4. The Balaban J connectivity index is 1.50. The number of aliphatic hydroxyl groups excluding tert-OH is 1. The molecule has 3 aliphatic heterocycles. The van der Waals surface area contributed by atoms with Crippen molar-refractivity contribution in [2.75, 3.05) is 11.0 Å². The van der Waals surface area contributed by atoms with Crippen molar-refractivity contribution in [1.29, 1.82) is 0 Å². The number of ether oxygens (including phenoxy) is 4. The standard InChI is InChI=1S/C28H42INO7/c1-17(8-11-24-26(33)28(16-34-28)14-27(6,15-29)37-24)7-10-23-18(2)13-22(20(4)36-23)30-25(32)12-9-19(3)35-21(5)31/h7-9,11-12,18-20,22-24,26,33H,10,13-16H2,1-6H3,(H,30,32)/b11-8+,12-9-,17-7?. The highest BCUT2D eigenvalue weighted by atomic mass is 127. The number of carbonyl (C=O) groups excluding carboxylic acids is 2. The van der Waals surface area contributed by atoms with Gasteiger partial charge in [0.05, 0.1) is 30.5 Å². The summed E-state index contributed by atoms with van der Waals surface area (Å²) in [5.41, 5.74) is 0.302. The molecule has 3 heterocycles. The van der Waals surface area contributed by atoms with E-state index in [0.717, 1.165) is 22.8 Å². The predicted octanol–water partition coefficient (Wildman–Crippen LogP) is 3.80. The van der Waals surface area contributed by atoms with Crippen LogP contribution in [0.5, 0.6) is 0 Å². The van der Waals surface area contributed by atoms with E-state index in [1.165, 1.54) is 13.0 Å². The quantitative estimate of drug-likeness (QED) is 0.0997. The van der Waals surface area contributed by atoms with Crippen LogP contribution < -0.4 is 5.32 Å². The number of amides is 1. The number of epoxide rings is 1. The molecule has 0 saturated carbocycles. The van der Waals surface area contributed by atoms with Crippen molar-refractivity contribution in [3.05, 3.63) is 36.0 Å². The van der Waals surface area contributed by atoms with E-state index in [1.807, 2.05) is 26.0 Å². The number of hydrogen-bond donors (Lipinski definition) is 2. The molecule has 3 rings (SSSR count). The third-order valence-corrected chi connectivity index (χ3v) is 8.99. The number of nitrogens with one attached hydrogen (secondary N) is 1. The van der Waals surface area contributed by atoms with Crippen molar-refractivity contribution in [1.82, 2.24) is 5.32 Å². The van der Waals surface area contributed by atoms with Gasteiger partial charge in [-0.05, 0) is 52.5 Å². The van der Waals surface area contributed by atoms with Crippen LogP contribution in [0.15, 0.2) is 36.0 Å². The van der Waals surface area contributed by atoms with E-state index < -0.39 is 23.9 Å². The fourth-order valence-corrected chi connectivity index (χ4v) is 5.59. The maximum absolute atomic E-state index is 12.3. The van der Waals surface area contributed by atoms with E-state index in [2.05, 4.69) is 47.8 Å². The Hall–Kier alpha value is -1.27. The highest BCUT2D eigenvalue weighted by Gasteiger charge is 2.61. The van der Waals surface area contributed by atoms with Gasteiger partial charge in [-0.2, -0.15) is 0 Å². The molecule has 0 aromatic carbocycles. The molecule has 0 radical (unpaired) electrons. The van der Waals surface area contributed by atoms with E-state index in [0.29, 0.717) is 13.0 Å². The number of esters is 1. The minimum absolute atomic E-state index is 0.0491. The fraction of sp³-hybridized carbons (Fsp3) is 0.714. The SMILES string of the molecule is CC(=O)OC(C)/C=C\C(=O)NC1CC(C)C(CC=C(C)/C=C/C2OC(C)(CI)CC3(CO3)C2O)OC1C. The number of alkyl halides is 1. The second-order valence-corrected chi connectivity index (χ2v) is 11.8. The Morgan fingerprint density at radius 3 is 2.59 bits per heavy atom. The molecule has 2 N–H and O–H groups in total. The van der Waals surface area contributed by atoms with E-state index in [4.69, 9.17) is 18.9 Å². The monoisotopic (exact) mass is 631 g/mol. The topological polar surface area (TPSA) is 107 Å². The lowest BCUT2D eigenvalue weighted by molar-refractivity contribution is -0.167. The summed E-state index contributed by atoms with van der Waals surface area (Å²) >= 11 is 2.33. The molecule has 0 bridgehead atoms. The third kappa shape index (κ3) is 8.36. The van der Waals surface area contributed by atoms with Crippen LogP contribution in [0.2, 0.25) is 0 Å². The Morgan fingerprint density at radius 2 is 1.97 bits per heavy atom. The zero-order valence-electron chi connectivity index (χ0n) is 22.7. The first-order chi connectivity index (χ1) is 17.4. The molecule has 0 aliphatic carbocycles. The number of halogens is 1. The van der Waals surface area contributed by atoms with Crippen molar-refractivity contribution >= 4 is 34.5 Å². The van der Waals surface area contributed by atoms with Crippen molar-refractivity contribution in [2.45, 2.75) is 109 Å². The van der Waals surface area contributed by atoms with Gasteiger partial charge < -0.3 is 29.4 Å². The fourth-order valence-electron chi connectivity index (χ4n) is 5.14. The maximum Gasteiger partial charge on any atom is 0.303 e. The molecule has 0 aromatic heterocycles.